The van der Waals surface area contributed by atoms with Crippen LogP contribution >= 0.6 is 0 Å². The zero-order valence-corrected chi connectivity index (χ0v) is 91.5. The predicted molar refractivity (Wildman–Crippen MR) is 568 cm³/mol. The lowest BCUT2D eigenvalue weighted by Gasteiger charge is -2.16. The molecule has 0 amide bonds. The second-order valence-electron chi connectivity index (χ2n) is 35.9. The van der Waals surface area contributed by atoms with Crippen molar-refractivity contribution in [2.75, 3.05) is 54.5 Å². The molecular formula is C116H111ClIN7O21S3. The van der Waals surface area contributed by atoms with Crippen LogP contribution in [0.2, 0.25) is 0 Å². The fourth-order valence-corrected chi connectivity index (χ4v) is 18.9. The summed E-state index contributed by atoms with van der Waals surface area (Å²) in [5, 5.41) is 19.6. The van der Waals surface area contributed by atoms with Crippen LogP contribution in [0.25, 0.3) is 153 Å². The molecule has 0 N–H and O–H groups in total. The number of rotatable bonds is 13. The number of methoxy groups -OCH3 is 5. The number of aryl methyl sites for hydroxylation is 12. The number of hydrogen-bond donors (Lipinski definition) is 0. The van der Waals surface area contributed by atoms with Crippen LogP contribution in [0, 0.1) is 76.2 Å². The number of pyridine rings is 10. The SMILES string of the molecule is CC(=O)OS(=O)(=O)[O-].CC(=O)OS(=O)(=O)[O-].CC(=O)OS(=O)(=O)[O-].COC(=O)c1ccc(-c2cc3c(cc[n+]4c(C)c5cc(C)c(C)cc5cc34)cc2OC)cc1.COc1cc2cc[n+]3c(C)c4cc(C)c(C)cc4cc3c2cc1-c1cc[n+](C)cc1.COc1cc2cc[n+]3c(C)c4cc(C)c(C)cc4cc3c2cc1-c1cccc(N(C)C)c1.COc1cc2cc[n+]3cc4cc(C)c(C)cc4cc3c2cc1-c1ccncc1.[Cl-].[I-]. The van der Waals surface area contributed by atoms with Crippen LogP contribution in [-0.2, 0) is 69.9 Å². The summed E-state index contributed by atoms with van der Waals surface area (Å²) in [6.07, 6.45) is 18.6. The van der Waals surface area contributed by atoms with Gasteiger partial charge in [0.15, 0.2) is 60.5 Å². The van der Waals surface area contributed by atoms with Gasteiger partial charge in [0.2, 0.25) is 22.1 Å². The molecule has 0 aliphatic rings. The third kappa shape index (κ3) is 25.9. The van der Waals surface area contributed by atoms with Crippen LogP contribution in [0.4, 0.5) is 5.69 Å². The minimum Gasteiger partial charge on any atom is -1.00 e. The third-order valence-corrected chi connectivity index (χ3v) is 27.2. The second kappa shape index (κ2) is 46.8. The number of esters is 1. The molecule has 0 saturated heterocycles. The number of ether oxygens (including phenoxy) is 5. The van der Waals surface area contributed by atoms with Gasteiger partial charge in [-0.25, -0.2) is 34.6 Å². The Hall–Kier alpha value is -15.3. The molecule has 28 nitrogen and oxygen atoms in total. The third-order valence-electron chi connectivity index (χ3n) is 25.9. The minimum atomic E-state index is -4.82. The predicted octanol–water partition coefficient (Wildman–Crippen LogP) is 14.1. The van der Waals surface area contributed by atoms with E-state index in [1.165, 1.54) is 161 Å². The standard InChI is InChI=1S/C29H29N2O.C29H26NO3.C27H26N2O.C25H21N2O.3C2H4O5S.ClH.HI/c1-18-12-23-15-28-26-17-27(21-8-7-9-24(14-21)30(4)5)29(32-6)16-22(26)10-11-31(28)20(3)25(23)13-19(18)2;1-17-12-23-14-27-25-16-26(20-6-8-21(9-7-20)29(31)33-5)28(32-4)15-22(25)10-11-30(27)19(3)24(23)13-18(17)2;1-17-12-22-14-26-24-16-25(20-6-9-28(4)10-7-20)27(30-5)15-21(24)8-11-29(26)19(3)23(22)13-18(17)2;1-16-10-20-12-24-22-14-23(18-4-7-26-8-5-18)25(28-3)13-19(22)6-9-27(24)15-21(20)11-17(16)2;3*1-2(3)7-8(4,5)6;;/h7-17H,1-6H3;6-16H,1-5H3;6-16H,1-5H3;4-15H,1-3H3;3*1H3,(H,4,5,6);2*1H/q2*+1;+2;+1;;;;;/p-5. The molecule has 20 rings (SSSR count). The highest BCUT2D eigenvalue weighted by Gasteiger charge is 2.26. The van der Waals surface area contributed by atoms with Gasteiger partial charge in [-0.15, -0.1) is 0 Å². The van der Waals surface area contributed by atoms with E-state index in [9.17, 15) is 58.1 Å². The number of nitrogens with zero attached hydrogens (tertiary/aromatic N) is 7. The Morgan fingerprint density at radius 2 is 0.631 bits per heavy atom. The highest BCUT2D eigenvalue weighted by Crippen LogP contribution is 2.42. The van der Waals surface area contributed by atoms with E-state index >= 15 is 0 Å². The summed E-state index contributed by atoms with van der Waals surface area (Å²) in [7, 11) is -0.0129. The Labute approximate surface area is 887 Å². The van der Waals surface area contributed by atoms with Crippen molar-refractivity contribution in [2.45, 2.75) is 96.9 Å². The van der Waals surface area contributed by atoms with Crippen molar-refractivity contribution in [3.8, 4) is 67.5 Å². The zero-order chi connectivity index (χ0) is 106. The number of carbonyl (C=O) groups is 4. The first-order valence-electron chi connectivity index (χ1n) is 46.4. The fraction of sp³-hybridized carbons (Fsp3) is 0.190. The van der Waals surface area contributed by atoms with E-state index in [4.69, 9.17) is 23.7 Å². The minimum absolute atomic E-state index is 0. The molecular weight excluding hydrogens is 2090 g/mol. The maximum absolute atomic E-state index is 11.8. The lowest BCUT2D eigenvalue weighted by Crippen LogP contribution is -3.00. The molecule has 0 radical (unpaired) electrons. The molecule has 0 aliphatic heterocycles. The summed E-state index contributed by atoms with van der Waals surface area (Å²) >= 11 is 0. The molecule has 10 aromatic carbocycles. The van der Waals surface area contributed by atoms with Crippen LogP contribution in [0.1, 0.15) is 92.7 Å². The lowest BCUT2D eigenvalue weighted by atomic mass is 9.97. The van der Waals surface area contributed by atoms with Gasteiger partial charge in [0.25, 0.3) is 31.2 Å². The molecule has 0 bridgehead atoms. The van der Waals surface area contributed by atoms with Crippen molar-refractivity contribution < 1.29 is 153 Å². The number of aromatic nitrogens is 6. The highest BCUT2D eigenvalue weighted by atomic mass is 127. The Bertz CT molecular complexity index is 8980. The van der Waals surface area contributed by atoms with Gasteiger partial charge in [-0.3, -0.25) is 19.4 Å². The number of fused-ring (bicyclic) bond motifs is 16. The lowest BCUT2D eigenvalue weighted by molar-refractivity contribution is -0.671. The normalized spacial score (nSPS) is 11.1. The molecule has 10 aromatic heterocycles. The summed E-state index contributed by atoms with van der Waals surface area (Å²) in [5.74, 6) is -0.273. The first kappa shape index (κ1) is 112. The van der Waals surface area contributed by atoms with Gasteiger partial charge in [-0.2, -0.15) is 17.6 Å². The number of halogens is 2. The zero-order valence-electron chi connectivity index (χ0n) is 86.2. The average Bonchev–Trinajstić information content (AvgIpc) is 0.745. The second-order valence-corrected chi connectivity index (χ2v) is 38.9. The molecule has 20 aromatic rings. The van der Waals surface area contributed by atoms with Crippen molar-refractivity contribution in [1.82, 2.24) is 4.98 Å². The number of carbonyl (C=O) groups excluding carboxylic acids is 4. The Balaban J connectivity index is 0.000000163. The van der Waals surface area contributed by atoms with Gasteiger partial charge in [-0.05, 0) is 274 Å². The van der Waals surface area contributed by atoms with Crippen LogP contribution < -0.4 is 82.4 Å². The van der Waals surface area contributed by atoms with E-state index in [1.54, 1.807) is 40.6 Å². The van der Waals surface area contributed by atoms with E-state index in [1.807, 2.05) is 48.3 Å². The molecule has 0 saturated carbocycles. The smallest absolute Gasteiger partial charge is 0.337 e. The summed E-state index contributed by atoms with van der Waals surface area (Å²) in [6.45, 7) is 26.5. The highest BCUT2D eigenvalue weighted by molar-refractivity contribution is 7.81. The van der Waals surface area contributed by atoms with Gasteiger partial charge >= 0.3 is 23.9 Å². The molecule has 0 fully saturated rings. The first-order valence-corrected chi connectivity index (χ1v) is 50.4. The van der Waals surface area contributed by atoms with Crippen LogP contribution in [0.3, 0.4) is 0 Å². The van der Waals surface area contributed by atoms with Gasteiger partial charge in [0, 0.05) is 178 Å². The van der Waals surface area contributed by atoms with Crippen LogP contribution in [0.15, 0.2) is 274 Å². The molecule has 0 atom stereocenters. The van der Waals surface area contributed by atoms with Crippen molar-refractivity contribution >= 4 is 169 Å². The summed E-state index contributed by atoms with van der Waals surface area (Å²) < 4.78 is 134. The average molecular weight is 2200 g/mol. The maximum atomic E-state index is 11.8. The molecule has 149 heavy (non-hydrogen) atoms. The maximum Gasteiger partial charge on any atom is 0.337 e. The topological polar surface area (TPSA) is 350 Å². The van der Waals surface area contributed by atoms with Crippen molar-refractivity contribution in [1.29, 1.82) is 0 Å². The first-order chi connectivity index (χ1) is 69.6. The number of hydrogen-bond acceptors (Lipinski definition) is 23. The van der Waals surface area contributed by atoms with Gasteiger partial charge in [-0.1, -0.05) is 48.5 Å². The van der Waals surface area contributed by atoms with Crippen LogP contribution in [-0.4, -0.2) is 117 Å². The van der Waals surface area contributed by atoms with E-state index < -0.39 is 49.1 Å². The fourth-order valence-electron chi connectivity index (χ4n) is 18.0. The van der Waals surface area contributed by atoms with E-state index in [0.29, 0.717) is 5.56 Å². The molecule has 10 heterocycles. The van der Waals surface area contributed by atoms with Crippen molar-refractivity contribution in [3.63, 3.8) is 0 Å². The quantitative estimate of drug-likeness (QED) is 0.0197. The molecule has 33 heteroatoms. The van der Waals surface area contributed by atoms with Gasteiger partial charge in [0.1, 0.15) is 30.0 Å². The Morgan fingerprint density at radius 3 is 0.960 bits per heavy atom. The molecule has 0 spiro atoms. The summed E-state index contributed by atoms with van der Waals surface area (Å²) in [5.41, 5.74) is 29.4. The van der Waals surface area contributed by atoms with Crippen molar-refractivity contribution in [3.05, 3.63) is 341 Å². The van der Waals surface area contributed by atoms with Crippen molar-refractivity contribution in [2.24, 2.45) is 7.05 Å². The van der Waals surface area contributed by atoms with E-state index in [-0.39, 0.29) is 42.4 Å². The number of anilines is 1. The number of benzene rings is 10. The van der Waals surface area contributed by atoms with E-state index in [2.05, 4.69) is 356 Å². The molecule has 0 aliphatic carbocycles. The molecule has 768 valence electrons. The monoisotopic (exact) mass is 2200 g/mol. The largest absolute Gasteiger partial charge is 1.00 e. The van der Waals surface area contributed by atoms with Crippen LogP contribution in [0.5, 0.6) is 23.0 Å². The molecule has 0 unspecified atom stereocenters. The Morgan fingerprint density at radius 1 is 0.322 bits per heavy atom. The van der Waals surface area contributed by atoms with Gasteiger partial charge < -0.3 is 91.2 Å². The Kier molecular flexibility index (Phi) is 35.4. The summed E-state index contributed by atoms with van der Waals surface area (Å²) in [6, 6.07) is 78.0. The van der Waals surface area contributed by atoms with E-state index in [0.717, 1.165) is 110 Å². The van der Waals surface area contributed by atoms with Gasteiger partial charge in [0.05, 0.1) is 62.7 Å². The summed E-state index contributed by atoms with van der Waals surface area (Å²) in [4.78, 5) is 47.1.